The van der Waals surface area contributed by atoms with Gasteiger partial charge in [-0.05, 0) is 48.4 Å². The van der Waals surface area contributed by atoms with Crippen LogP contribution >= 0.6 is 0 Å². The molecular formula is C27H27N3O4. The SMILES string of the molecule is COc1cccc(Nc2ncccc2C(=O)N2CCOCC(Cc3ccc4ccoc4c3)C2)c1. The molecule has 0 radical (unpaired) electrons. The molecule has 34 heavy (non-hydrogen) atoms. The molecule has 0 aliphatic carbocycles. The van der Waals surface area contributed by atoms with Gasteiger partial charge in [-0.3, -0.25) is 4.79 Å². The highest BCUT2D eigenvalue weighted by atomic mass is 16.5. The number of furan rings is 1. The lowest BCUT2D eigenvalue weighted by molar-refractivity contribution is 0.0738. The molecule has 1 saturated heterocycles. The Morgan fingerprint density at radius 1 is 1.18 bits per heavy atom. The van der Waals surface area contributed by atoms with Crippen LogP contribution in [0, 0.1) is 5.92 Å². The van der Waals surface area contributed by atoms with Crippen molar-refractivity contribution < 1.29 is 18.7 Å². The van der Waals surface area contributed by atoms with Gasteiger partial charge in [0.15, 0.2) is 0 Å². The number of hydrogen-bond donors (Lipinski definition) is 1. The topological polar surface area (TPSA) is 76.8 Å². The van der Waals surface area contributed by atoms with E-state index >= 15 is 0 Å². The summed E-state index contributed by atoms with van der Waals surface area (Å²) in [5, 5.41) is 4.36. The molecular weight excluding hydrogens is 430 g/mol. The molecule has 2 aromatic carbocycles. The zero-order valence-corrected chi connectivity index (χ0v) is 19.1. The number of amides is 1. The molecule has 7 heteroatoms. The molecule has 1 aliphatic rings. The van der Waals surface area contributed by atoms with Gasteiger partial charge in [0.1, 0.15) is 17.2 Å². The molecule has 4 aromatic rings. The predicted molar refractivity (Wildman–Crippen MR) is 131 cm³/mol. The number of benzene rings is 2. The molecule has 7 nitrogen and oxygen atoms in total. The largest absolute Gasteiger partial charge is 0.497 e. The van der Waals surface area contributed by atoms with Gasteiger partial charge in [-0.15, -0.1) is 0 Å². The molecule has 174 valence electrons. The lowest BCUT2D eigenvalue weighted by Gasteiger charge is -2.24. The summed E-state index contributed by atoms with van der Waals surface area (Å²) in [5.74, 6) is 1.38. The highest BCUT2D eigenvalue weighted by Gasteiger charge is 2.26. The number of methoxy groups -OCH3 is 1. The molecule has 1 unspecified atom stereocenters. The summed E-state index contributed by atoms with van der Waals surface area (Å²) in [6, 6.07) is 19.4. The number of nitrogens with one attached hydrogen (secondary N) is 1. The molecule has 2 aromatic heterocycles. The molecule has 1 amide bonds. The molecule has 0 bridgehead atoms. The van der Waals surface area contributed by atoms with Crippen molar-refractivity contribution in [1.29, 1.82) is 0 Å². The van der Waals surface area contributed by atoms with Gasteiger partial charge in [0.25, 0.3) is 5.91 Å². The van der Waals surface area contributed by atoms with Crippen molar-refractivity contribution in [3.05, 3.63) is 84.3 Å². The summed E-state index contributed by atoms with van der Waals surface area (Å²) in [6.07, 6.45) is 4.19. The van der Waals surface area contributed by atoms with Gasteiger partial charge in [-0.25, -0.2) is 4.98 Å². The Labute approximate surface area is 198 Å². The van der Waals surface area contributed by atoms with Crippen LogP contribution < -0.4 is 10.1 Å². The third kappa shape index (κ3) is 4.89. The number of anilines is 2. The Morgan fingerprint density at radius 2 is 2.12 bits per heavy atom. The minimum absolute atomic E-state index is 0.0597. The summed E-state index contributed by atoms with van der Waals surface area (Å²) >= 11 is 0. The Bertz CT molecular complexity index is 1290. The Kier molecular flexibility index (Phi) is 6.44. The number of ether oxygens (including phenoxy) is 2. The number of rotatable bonds is 6. The number of aromatic nitrogens is 1. The molecule has 1 N–H and O–H groups in total. The maximum absolute atomic E-state index is 13.6. The Morgan fingerprint density at radius 3 is 3.03 bits per heavy atom. The van der Waals surface area contributed by atoms with E-state index in [1.165, 1.54) is 5.56 Å². The Balaban J connectivity index is 1.33. The van der Waals surface area contributed by atoms with Crippen LogP contribution in [-0.4, -0.2) is 49.2 Å². The maximum Gasteiger partial charge on any atom is 0.257 e. The van der Waals surface area contributed by atoms with E-state index in [0.29, 0.717) is 37.7 Å². The Hall–Kier alpha value is -3.84. The standard InChI is InChI=1S/C27H27N3O4/c1-32-23-5-2-4-22(16-23)29-26-24(6-3-10-28-26)27(31)30-11-13-33-18-20(17-30)14-19-7-8-21-9-12-34-25(21)15-19/h2-10,12,15-16,20H,11,13-14,17-18H2,1H3,(H,28,29). The summed E-state index contributed by atoms with van der Waals surface area (Å²) in [4.78, 5) is 19.9. The summed E-state index contributed by atoms with van der Waals surface area (Å²) in [5.41, 5.74) is 3.39. The van der Waals surface area contributed by atoms with Gasteiger partial charge in [-0.2, -0.15) is 0 Å². The predicted octanol–water partition coefficient (Wildman–Crippen LogP) is 4.91. The number of carbonyl (C=O) groups is 1. The average molecular weight is 458 g/mol. The zero-order valence-electron chi connectivity index (χ0n) is 19.1. The quantitative estimate of drug-likeness (QED) is 0.443. The van der Waals surface area contributed by atoms with E-state index in [4.69, 9.17) is 13.9 Å². The minimum Gasteiger partial charge on any atom is -0.497 e. The first-order valence-electron chi connectivity index (χ1n) is 11.4. The van der Waals surface area contributed by atoms with Gasteiger partial charge >= 0.3 is 0 Å². The van der Waals surface area contributed by atoms with Crippen molar-refractivity contribution in [2.75, 3.05) is 38.7 Å². The molecule has 0 spiro atoms. The first-order valence-corrected chi connectivity index (χ1v) is 11.4. The van der Waals surface area contributed by atoms with Crippen molar-refractivity contribution in [1.82, 2.24) is 9.88 Å². The molecule has 1 fully saturated rings. The molecule has 3 heterocycles. The maximum atomic E-state index is 13.6. The van der Waals surface area contributed by atoms with Crippen LogP contribution in [0.15, 0.2) is 77.5 Å². The summed E-state index contributed by atoms with van der Waals surface area (Å²) in [6.45, 7) is 2.28. The van der Waals surface area contributed by atoms with E-state index in [1.807, 2.05) is 41.3 Å². The summed E-state index contributed by atoms with van der Waals surface area (Å²) in [7, 11) is 1.62. The van der Waals surface area contributed by atoms with Crippen LogP contribution in [0.4, 0.5) is 11.5 Å². The van der Waals surface area contributed by atoms with Crippen LogP contribution in [-0.2, 0) is 11.2 Å². The number of fused-ring (bicyclic) bond motifs is 1. The van der Waals surface area contributed by atoms with Gasteiger partial charge in [0, 0.05) is 42.3 Å². The fourth-order valence-electron chi connectivity index (χ4n) is 4.33. The highest BCUT2D eigenvalue weighted by molar-refractivity contribution is 5.99. The molecule has 5 rings (SSSR count). The second-order valence-electron chi connectivity index (χ2n) is 8.45. The van der Waals surface area contributed by atoms with Gasteiger partial charge in [-0.1, -0.05) is 18.2 Å². The lowest BCUT2D eigenvalue weighted by Crippen LogP contribution is -2.36. The van der Waals surface area contributed by atoms with Crippen LogP contribution in [0.5, 0.6) is 5.75 Å². The van der Waals surface area contributed by atoms with Crippen molar-refractivity contribution in [2.24, 2.45) is 5.92 Å². The minimum atomic E-state index is -0.0597. The molecule has 1 atom stereocenters. The smallest absolute Gasteiger partial charge is 0.257 e. The number of hydrogen-bond acceptors (Lipinski definition) is 6. The van der Waals surface area contributed by atoms with E-state index in [0.717, 1.165) is 28.8 Å². The van der Waals surface area contributed by atoms with Crippen molar-refractivity contribution in [3.8, 4) is 5.75 Å². The third-order valence-electron chi connectivity index (χ3n) is 6.04. The van der Waals surface area contributed by atoms with Gasteiger partial charge in [0.05, 0.1) is 32.2 Å². The number of carbonyl (C=O) groups excluding carboxylic acids is 1. The first-order chi connectivity index (χ1) is 16.7. The second kappa shape index (κ2) is 9.97. The fraction of sp³-hybridized carbons (Fsp3) is 0.259. The van der Waals surface area contributed by atoms with E-state index < -0.39 is 0 Å². The number of nitrogens with zero attached hydrogens (tertiary/aromatic N) is 2. The third-order valence-corrected chi connectivity index (χ3v) is 6.04. The van der Waals surface area contributed by atoms with E-state index in [9.17, 15) is 4.79 Å². The van der Waals surface area contributed by atoms with Crippen LogP contribution in [0.1, 0.15) is 15.9 Å². The fourth-order valence-corrected chi connectivity index (χ4v) is 4.33. The van der Waals surface area contributed by atoms with Crippen LogP contribution in [0.25, 0.3) is 11.0 Å². The van der Waals surface area contributed by atoms with Crippen LogP contribution in [0.3, 0.4) is 0 Å². The monoisotopic (exact) mass is 457 g/mol. The normalized spacial score (nSPS) is 16.3. The molecule has 0 saturated carbocycles. The van der Waals surface area contributed by atoms with E-state index in [1.54, 1.807) is 25.6 Å². The van der Waals surface area contributed by atoms with Gasteiger partial charge in [0.2, 0.25) is 0 Å². The lowest BCUT2D eigenvalue weighted by atomic mass is 9.98. The van der Waals surface area contributed by atoms with Gasteiger partial charge < -0.3 is 24.1 Å². The molecule has 1 aliphatic heterocycles. The van der Waals surface area contributed by atoms with Crippen molar-refractivity contribution >= 4 is 28.4 Å². The highest BCUT2D eigenvalue weighted by Crippen LogP contribution is 2.25. The number of pyridine rings is 1. The van der Waals surface area contributed by atoms with Crippen molar-refractivity contribution in [3.63, 3.8) is 0 Å². The van der Waals surface area contributed by atoms with Crippen LogP contribution in [0.2, 0.25) is 0 Å². The zero-order chi connectivity index (χ0) is 23.3. The summed E-state index contributed by atoms with van der Waals surface area (Å²) < 4.78 is 16.7. The van der Waals surface area contributed by atoms with Crippen molar-refractivity contribution in [2.45, 2.75) is 6.42 Å². The van der Waals surface area contributed by atoms with E-state index in [-0.39, 0.29) is 11.8 Å². The second-order valence-corrected chi connectivity index (χ2v) is 8.45. The van der Waals surface area contributed by atoms with E-state index in [2.05, 4.69) is 28.5 Å². The first kappa shape index (κ1) is 22.0. The average Bonchev–Trinajstić information content (AvgIpc) is 3.21.